The van der Waals surface area contributed by atoms with Crippen LogP contribution in [0.25, 0.3) is 11.1 Å². The quantitative estimate of drug-likeness (QED) is 0.776. The van der Waals surface area contributed by atoms with Crippen molar-refractivity contribution in [3.63, 3.8) is 0 Å². The lowest BCUT2D eigenvalue weighted by molar-refractivity contribution is 0.0732. The molecule has 0 atom stereocenters. The molecule has 2 aromatic carbocycles. The predicted molar refractivity (Wildman–Crippen MR) is 99.9 cm³/mol. The minimum Gasteiger partial charge on any atom is -0.332 e. The number of aryl methyl sites for hydroxylation is 1. The minimum atomic E-state index is -0.109. The fraction of sp³-hybridized carbons (Fsp3) is 0.190. The van der Waals surface area contributed by atoms with Gasteiger partial charge >= 0.3 is 0 Å². The number of hydrogen-bond acceptors (Lipinski definition) is 3. The average Bonchev–Trinajstić information content (AvgIpc) is 2.68. The summed E-state index contributed by atoms with van der Waals surface area (Å²) in [6, 6.07) is 15.7. The molecule has 0 unspecified atom stereocenters. The second-order valence-corrected chi connectivity index (χ2v) is 6.49. The first-order valence-corrected chi connectivity index (χ1v) is 8.65. The molecule has 0 saturated carbocycles. The summed E-state index contributed by atoms with van der Waals surface area (Å²) < 4.78 is 0. The van der Waals surface area contributed by atoms with Gasteiger partial charge in [0.2, 0.25) is 0 Å². The molecule has 0 fully saturated rings. The van der Waals surface area contributed by atoms with E-state index >= 15 is 0 Å². The van der Waals surface area contributed by atoms with E-state index in [1.165, 1.54) is 6.33 Å². The maximum Gasteiger partial charge on any atom is 0.254 e. The SMILES string of the molecule is Cc1ccccc1-c1ccccc1C(=O)N1CCc2c(nc[nH]c2=O)C1. The highest BCUT2D eigenvalue weighted by molar-refractivity contribution is 6.01. The maximum atomic E-state index is 13.2. The summed E-state index contributed by atoms with van der Waals surface area (Å²) in [5, 5.41) is 0. The molecule has 1 aliphatic heterocycles. The van der Waals surface area contributed by atoms with Gasteiger partial charge in [-0.1, -0.05) is 42.5 Å². The zero-order valence-corrected chi connectivity index (χ0v) is 14.5. The molecule has 5 nitrogen and oxygen atoms in total. The topological polar surface area (TPSA) is 66.1 Å². The molecule has 1 amide bonds. The van der Waals surface area contributed by atoms with E-state index in [1.807, 2.05) is 55.5 Å². The van der Waals surface area contributed by atoms with E-state index in [4.69, 9.17) is 0 Å². The van der Waals surface area contributed by atoms with Crippen molar-refractivity contribution in [2.45, 2.75) is 19.9 Å². The van der Waals surface area contributed by atoms with Crippen molar-refractivity contribution in [2.75, 3.05) is 6.54 Å². The highest BCUT2D eigenvalue weighted by Gasteiger charge is 2.26. The average molecular weight is 345 g/mol. The van der Waals surface area contributed by atoms with Crippen LogP contribution in [-0.2, 0) is 13.0 Å². The third-order valence-corrected chi connectivity index (χ3v) is 4.89. The van der Waals surface area contributed by atoms with Crippen molar-refractivity contribution in [3.05, 3.63) is 87.6 Å². The van der Waals surface area contributed by atoms with Gasteiger partial charge in [-0.15, -0.1) is 0 Å². The molecule has 0 radical (unpaired) electrons. The second-order valence-electron chi connectivity index (χ2n) is 6.49. The van der Waals surface area contributed by atoms with Crippen LogP contribution in [0, 0.1) is 6.92 Å². The van der Waals surface area contributed by atoms with Crippen LogP contribution in [0.15, 0.2) is 59.7 Å². The third-order valence-electron chi connectivity index (χ3n) is 4.89. The Morgan fingerprint density at radius 2 is 1.81 bits per heavy atom. The van der Waals surface area contributed by atoms with Crippen LogP contribution in [0.1, 0.15) is 27.2 Å². The van der Waals surface area contributed by atoms with Gasteiger partial charge in [0.05, 0.1) is 18.6 Å². The second kappa shape index (κ2) is 6.59. The van der Waals surface area contributed by atoms with Gasteiger partial charge in [-0.2, -0.15) is 0 Å². The van der Waals surface area contributed by atoms with Crippen molar-refractivity contribution in [1.29, 1.82) is 0 Å². The summed E-state index contributed by atoms with van der Waals surface area (Å²) in [4.78, 5) is 33.7. The van der Waals surface area contributed by atoms with E-state index in [2.05, 4.69) is 9.97 Å². The summed E-state index contributed by atoms with van der Waals surface area (Å²) in [6.45, 7) is 2.92. The van der Waals surface area contributed by atoms with Crippen LogP contribution in [-0.4, -0.2) is 27.3 Å². The number of amides is 1. The first kappa shape index (κ1) is 16.3. The summed E-state index contributed by atoms with van der Waals surface area (Å²) in [5.74, 6) is -0.0309. The summed E-state index contributed by atoms with van der Waals surface area (Å²) in [6.07, 6.45) is 1.92. The van der Waals surface area contributed by atoms with Crippen LogP contribution in [0.4, 0.5) is 0 Å². The number of rotatable bonds is 2. The number of carbonyl (C=O) groups is 1. The Labute approximate surface area is 151 Å². The molecule has 0 aliphatic carbocycles. The fourth-order valence-electron chi connectivity index (χ4n) is 3.49. The normalized spacial score (nSPS) is 13.3. The number of aromatic nitrogens is 2. The van der Waals surface area contributed by atoms with Crippen molar-refractivity contribution >= 4 is 5.91 Å². The Bertz CT molecular complexity index is 1040. The van der Waals surface area contributed by atoms with E-state index in [0.717, 1.165) is 16.7 Å². The van der Waals surface area contributed by atoms with E-state index in [1.54, 1.807) is 4.90 Å². The predicted octanol–water partition coefficient (Wildman–Crippen LogP) is 2.94. The maximum absolute atomic E-state index is 13.2. The van der Waals surface area contributed by atoms with Crippen LogP contribution >= 0.6 is 0 Å². The van der Waals surface area contributed by atoms with Crippen molar-refractivity contribution in [3.8, 4) is 11.1 Å². The number of benzene rings is 2. The summed E-state index contributed by atoms with van der Waals surface area (Å²) in [5.41, 5.74) is 5.05. The van der Waals surface area contributed by atoms with E-state index in [9.17, 15) is 9.59 Å². The molecule has 2 heterocycles. The molecule has 3 aromatic rings. The van der Waals surface area contributed by atoms with Crippen LogP contribution in [0.3, 0.4) is 0 Å². The molecule has 1 aliphatic rings. The number of hydrogen-bond donors (Lipinski definition) is 1. The van der Waals surface area contributed by atoms with Gasteiger partial charge in [0, 0.05) is 17.7 Å². The lowest BCUT2D eigenvalue weighted by Gasteiger charge is -2.28. The molecule has 26 heavy (non-hydrogen) atoms. The number of carbonyl (C=O) groups excluding carboxylic acids is 1. The molecular formula is C21H19N3O2. The Kier molecular flexibility index (Phi) is 4.13. The molecular weight excluding hydrogens is 326 g/mol. The van der Waals surface area contributed by atoms with Gasteiger partial charge in [0.1, 0.15) is 0 Å². The zero-order chi connectivity index (χ0) is 18.1. The number of H-pyrrole nitrogens is 1. The fourth-order valence-corrected chi connectivity index (χ4v) is 3.49. The Morgan fingerprint density at radius 1 is 1.08 bits per heavy atom. The largest absolute Gasteiger partial charge is 0.332 e. The van der Waals surface area contributed by atoms with E-state index in [0.29, 0.717) is 36.3 Å². The van der Waals surface area contributed by atoms with Crippen molar-refractivity contribution in [2.24, 2.45) is 0 Å². The third kappa shape index (κ3) is 2.81. The monoisotopic (exact) mass is 345 g/mol. The van der Waals surface area contributed by atoms with Gasteiger partial charge in [0.25, 0.3) is 11.5 Å². The molecule has 5 heteroatoms. The smallest absolute Gasteiger partial charge is 0.254 e. The molecule has 1 aromatic heterocycles. The number of nitrogens with zero attached hydrogens (tertiary/aromatic N) is 2. The first-order chi connectivity index (χ1) is 12.6. The van der Waals surface area contributed by atoms with Gasteiger partial charge in [-0.25, -0.2) is 4.98 Å². The molecule has 1 N–H and O–H groups in total. The standard InChI is InChI=1S/C21H19N3O2/c1-14-6-2-3-7-15(14)16-8-4-5-9-17(16)21(26)24-11-10-18-19(12-24)22-13-23-20(18)25/h2-9,13H,10-12H2,1H3,(H,22,23,25). The van der Waals surface area contributed by atoms with Gasteiger partial charge < -0.3 is 9.88 Å². The molecule has 130 valence electrons. The van der Waals surface area contributed by atoms with Crippen LogP contribution in [0.5, 0.6) is 0 Å². The summed E-state index contributed by atoms with van der Waals surface area (Å²) in [7, 11) is 0. The lowest BCUT2D eigenvalue weighted by Crippen LogP contribution is -2.39. The number of aromatic amines is 1. The van der Waals surface area contributed by atoms with Gasteiger partial charge in [0.15, 0.2) is 0 Å². The van der Waals surface area contributed by atoms with Crippen molar-refractivity contribution < 1.29 is 4.79 Å². The Balaban J connectivity index is 1.70. The Hall–Kier alpha value is -3.21. The van der Waals surface area contributed by atoms with E-state index in [-0.39, 0.29) is 11.5 Å². The van der Waals surface area contributed by atoms with E-state index < -0.39 is 0 Å². The number of nitrogens with one attached hydrogen (secondary N) is 1. The number of fused-ring (bicyclic) bond motifs is 1. The van der Waals surface area contributed by atoms with Crippen LogP contribution in [0.2, 0.25) is 0 Å². The Morgan fingerprint density at radius 3 is 2.62 bits per heavy atom. The summed E-state index contributed by atoms with van der Waals surface area (Å²) >= 11 is 0. The highest BCUT2D eigenvalue weighted by Crippen LogP contribution is 2.28. The first-order valence-electron chi connectivity index (χ1n) is 8.65. The minimum absolute atomic E-state index is 0.0309. The molecule has 0 bridgehead atoms. The highest BCUT2D eigenvalue weighted by atomic mass is 16.2. The van der Waals surface area contributed by atoms with Gasteiger partial charge in [-0.3, -0.25) is 9.59 Å². The van der Waals surface area contributed by atoms with Crippen molar-refractivity contribution in [1.82, 2.24) is 14.9 Å². The molecule has 0 saturated heterocycles. The molecule has 0 spiro atoms. The van der Waals surface area contributed by atoms with Crippen LogP contribution < -0.4 is 5.56 Å². The molecule has 4 rings (SSSR count). The lowest BCUT2D eigenvalue weighted by atomic mass is 9.95. The van der Waals surface area contributed by atoms with Gasteiger partial charge in [-0.05, 0) is 36.1 Å². The zero-order valence-electron chi connectivity index (χ0n) is 14.5.